The van der Waals surface area contributed by atoms with E-state index in [4.69, 9.17) is 18.9 Å². The van der Waals surface area contributed by atoms with E-state index in [0.717, 1.165) is 0 Å². The fourth-order valence-electron chi connectivity index (χ4n) is 3.82. The molecular weight excluding hydrogens is 362 g/mol. The second-order valence-electron chi connectivity index (χ2n) is 6.42. The molecule has 1 aromatic heterocycles. The smallest absolute Gasteiger partial charge is 0.251 e. The number of benzene rings is 2. The van der Waals surface area contributed by atoms with Crippen molar-refractivity contribution in [1.82, 2.24) is 4.57 Å². The number of aromatic nitrogens is 1. The molecule has 7 heteroatoms. The Morgan fingerprint density at radius 1 is 0.750 bits per heavy atom. The number of methoxy groups -OCH3 is 4. The van der Waals surface area contributed by atoms with Gasteiger partial charge in [-0.25, -0.2) is 0 Å². The first kappa shape index (κ1) is 17.9. The summed E-state index contributed by atoms with van der Waals surface area (Å²) in [6.45, 7) is 0. The average Bonchev–Trinajstić information content (AvgIpc) is 2.71. The zero-order chi connectivity index (χ0) is 20.2. The summed E-state index contributed by atoms with van der Waals surface area (Å²) in [6.07, 6.45) is 0. The molecule has 0 atom stereocenters. The van der Waals surface area contributed by atoms with Crippen LogP contribution in [-0.4, -0.2) is 38.8 Å². The Bertz CT molecular complexity index is 1210. The summed E-state index contributed by atoms with van der Waals surface area (Å²) in [5.41, 5.74) is 1.74. The Balaban J connectivity index is 2.28. The summed E-state index contributed by atoms with van der Waals surface area (Å²) in [6, 6.07) is 6.57. The van der Waals surface area contributed by atoms with Gasteiger partial charge in [-0.1, -0.05) is 0 Å². The lowest BCUT2D eigenvalue weighted by atomic mass is 9.84. The van der Waals surface area contributed by atoms with Crippen molar-refractivity contribution in [2.75, 3.05) is 28.4 Å². The van der Waals surface area contributed by atoms with Crippen LogP contribution in [0.3, 0.4) is 0 Å². The minimum absolute atomic E-state index is 0.263. The van der Waals surface area contributed by atoms with Gasteiger partial charge in [0.15, 0.2) is 23.0 Å². The lowest BCUT2D eigenvalue weighted by Gasteiger charge is -2.25. The van der Waals surface area contributed by atoms with Crippen LogP contribution in [0.25, 0.3) is 21.9 Å². The Kier molecular flexibility index (Phi) is 4.03. The molecule has 0 bridgehead atoms. The number of ether oxygens (including phenoxy) is 4. The summed E-state index contributed by atoms with van der Waals surface area (Å²) in [5, 5.41) is 1.25. The van der Waals surface area contributed by atoms with Gasteiger partial charge in [-0.05, 0) is 23.6 Å². The van der Waals surface area contributed by atoms with Crippen molar-refractivity contribution in [3.63, 3.8) is 0 Å². The summed E-state index contributed by atoms with van der Waals surface area (Å²) in [5.74, 6) is 1.61. The number of hydrogen-bond acceptors (Lipinski definition) is 6. The van der Waals surface area contributed by atoms with Crippen LogP contribution in [0.1, 0.15) is 16.1 Å². The number of rotatable bonds is 4. The van der Waals surface area contributed by atoms with Crippen molar-refractivity contribution >= 4 is 16.6 Å². The first-order valence-electron chi connectivity index (χ1n) is 8.56. The van der Waals surface area contributed by atoms with Gasteiger partial charge in [0, 0.05) is 35.2 Å². The van der Waals surface area contributed by atoms with Gasteiger partial charge in [0.05, 0.1) is 28.4 Å². The summed E-state index contributed by atoms with van der Waals surface area (Å²) >= 11 is 0. The molecular formula is C21H19NO6. The van der Waals surface area contributed by atoms with Gasteiger partial charge in [-0.2, -0.15) is 0 Å². The third-order valence-corrected chi connectivity index (χ3v) is 5.13. The van der Waals surface area contributed by atoms with Gasteiger partial charge in [0.1, 0.15) is 5.69 Å². The Labute approximate surface area is 161 Å². The number of carbonyl (C=O) groups excluding carboxylic acids is 1. The standard InChI is InChI=1S/C21H19NO6/c1-22-16(23)7-10-6-15(27-4)21(28-5)18-11-8-13(25-2)14(26-3)9-12(11)20(24)19(22)17(10)18/h6-9H,1-5H3. The minimum Gasteiger partial charge on any atom is -0.493 e. The summed E-state index contributed by atoms with van der Waals surface area (Å²) in [7, 11) is 7.69. The zero-order valence-corrected chi connectivity index (χ0v) is 16.2. The number of pyridine rings is 1. The fourth-order valence-corrected chi connectivity index (χ4v) is 3.82. The molecule has 0 N–H and O–H groups in total. The molecule has 3 aromatic rings. The highest BCUT2D eigenvalue weighted by molar-refractivity contribution is 6.26. The Hall–Kier alpha value is -3.48. The fraction of sp³-hybridized carbons (Fsp3) is 0.238. The van der Waals surface area contributed by atoms with E-state index in [0.29, 0.717) is 56.2 Å². The van der Waals surface area contributed by atoms with Gasteiger partial charge >= 0.3 is 0 Å². The zero-order valence-electron chi connectivity index (χ0n) is 16.2. The molecule has 0 saturated heterocycles. The van der Waals surface area contributed by atoms with E-state index in [2.05, 4.69) is 0 Å². The van der Waals surface area contributed by atoms with Gasteiger partial charge in [-0.3, -0.25) is 9.59 Å². The molecule has 0 radical (unpaired) electrons. The van der Waals surface area contributed by atoms with E-state index in [9.17, 15) is 9.59 Å². The van der Waals surface area contributed by atoms with Gasteiger partial charge in [0.25, 0.3) is 5.56 Å². The third kappa shape index (κ3) is 2.22. The SMILES string of the molecule is COc1cc2c(cc1OC)-c1c(OC)c(OC)cc3cc(=O)n(C)c(c13)C2=O. The molecule has 28 heavy (non-hydrogen) atoms. The third-order valence-electron chi connectivity index (χ3n) is 5.13. The van der Waals surface area contributed by atoms with Crippen molar-refractivity contribution in [1.29, 1.82) is 0 Å². The molecule has 0 amide bonds. The molecule has 144 valence electrons. The topological polar surface area (TPSA) is 76.0 Å². The average molecular weight is 381 g/mol. The molecule has 1 aliphatic carbocycles. The molecule has 0 spiro atoms. The van der Waals surface area contributed by atoms with Gasteiger partial charge < -0.3 is 23.5 Å². The molecule has 1 aliphatic rings. The van der Waals surface area contributed by atoms with Crippen molar-refractivity contribution < 1.29 is 23.7 Å². The van der Waals surface area contributed by atoms with Gasteiger partial charge in [-0.15, -0.1) is 0 Å². The number of hydrogen-bond donors (Lipinski definition) is 0. The second-order valence-corrected chi connectivity index (χ2v) is 6.42. The molecule has 7 nitrogen and oxygen atoms in total. The first-order valence-corrected chi connectivity index (χ1v) is 8.56. The minimum atomic E-state index is -0.280. The molecule has 0 fully saturated rings. The maximum Gasteiger partial charge on any atom is 0.251 e. The lowest BCUT2D eigenvalue weighted by molar-refractivity contribution is 0.103. The van der Waals surface area contributed by atoms with E-state index in [1.54, 1.807) is 32.4 Å². The highest BCUT2D eigenvalue weighted by atomic mass is 16.5. The molecule has 0 saturated carbocycles. The summed E-state index contributed by atoms with van der Waals surface area (Å²) in [4.78, 5) is 25.8. The van der Waals surface area contributed by atoms with Crippen molar-refractivity contribution in [3.05, 3.63) is 45.9 Å². The van der Waals surface area contributed by atoms with E-state index >= 15 is 0 Å². The predicted molar refractivity (Wildman–Crippen MR) is 104 cm³/mol. The van der Waals surface area contributed by atoms with Crippen LogP contribution in [0.2, 0.25) is 0 Å². The first-order chi connectivity index (χ1) is 13.5. The van der Waals surface area contributed by atoms with Crippen molar-refractivity contribution in [3.8, 4) is 34.1 Å². The quantitative estimate of drug-likeness (QED) is 0.541. The number of nitrogens with zero attached hydrogens (tertiary/aromatic N) is 1. The van der Waals surface area contributed by atoms with Crippen LogP contribution in [0.5, 0.6) is 23.0 Å². The number of ketones is 1. The Morgan fingerprint density at radius 3 is 1.93 bits per heavy atom. The second kappa shape index (κ2) is 6.30. The van der Waals surface area contributed by atoms with Gasteiger partial charge in [0.2, 0.25) is 5.78 Å². The van der Waals surface area contributed by atoms with Crippen LogP contribution in [-0.2, 0) is 7.05 Å². The van der Waals surface area contributed by atoms with Crippen LogP contribution in [0, 0.1) is 0 Å². The van der Waals surface area contributed by atoms with E-state index in [1.807, 2.05) is 0 Å². The molecule has 0 unspecified atom stereocenters. The monoisotopic (exact) mass is 381 g/mol. The van der Waals surface area contributed by atoms with E-state index in [-0.39, 0.29) is 11.3 Å². The molecule has 2 aromatic carbocycles. The van der Waals surface area contributed by atoms with Crippen molar-refractivity contribution in [2.45, 2.75) is 0 Å². The maximum absolute atomic E-state index is 13.4. The van der Waals surface area contributed by atoms with E-state index in [1.165, 1.54) is 32.0 Å². The number of carbonyl (C=O) groups is 1. The molecule has 1 heterocycles. The largest absolute Gasteiger partial charge is 0.493 e. The molecule has 4 rings (SSSR count). The van der Waals surface area contributed by atoms with Crippen molar-refractivity contribution in [2.24, 2.45) is 7.05 Å². The van der Waals surface area contributed by atoms with Crippen LogP contribution >= 0.6 is 0 Å². The molecule has 0 aliphatic heterocycles. The van der Waals surface area contributed by atoms with Crippen LogP contribution in [0.4, 0.5) is 0 Å². The van der Waals surface area contributed by atoms with Crippen LogP contribution < -0.4 is 24.5 Å². The number of fused-ring (bicyclic) bond motifs is 2. The highest BCUT2D eigenvalue weighted by Gasteiger charge is 2.33. The maximum atomic E-state index is 13.4. The lowest BCUT2D eigenvalue weighted by Crippen LogP contribution is -2.26. The van der Waals surface area contributed by atoms with Crippen LogP contribution in [0.15, 0.2) is 29.1 Å². The summed E-state index contributed by atoms with van der Waals surface area (Å²) < 4.78 is 23.3. The highest BCUT2D eigenvalue weighted by Crippen LogP contribution is 2.50. The Morgan fingerprint density at radius 2 is 1.36 bits per heavy atom. The normalized spacial score (nSPS) is 12.0. The van der Waals surface area contributed by atoms with E-state index < -0.39 is 0 Å². The predicted octanol–water partition coefficient (Wildman–Crippen LogP) is 2.78.